The second-order valence-corrected chi connectivity index (χ2v) is 3.88. The number of nitrogens with zero attached hydrogens (tertiary/aromatic N) is 3. The number of aliphatic hydroxyl groups is 1. The number of hydrogen-bond donors (Lipinski definition) is 3. The van der Waals surface area contributed by atoms with Crippen LogP contribution in [-0.2, 0) is 0 Å². The van der Waals surface area contributed by atoms with Crippen molar-refractivity contribution in [3.05, 3.63) is 0 Å². The Hall–Kier alpha value is -1.63. The lowest BCUT2D eigenvalue weighted by Crippen LogP contribution is -2.33. The topological polar surface area (TPSA) is 106 Å². The molecule has 1 aromatic rings. The van der Waals surface area contributed by atoms with Crippen LogP contribution in [0.1, 0.15) is 12.8 Å². The van der Waals surface area contributed by atoms with E-state index < -0.39 is 0 Å². The van der Waals surface area contributed by atoms with Crippen molar-refractivity contribution >= 4 is 11.9 Å². The number of aromatic nitrogens is 3. The molecule has 0 spiro atoms. The summed E-state index contributed by atoms with van der Waals surface area (Å²) in [5.74, 6) is 1.01. The van der Waals surface area contributed by atoms with E-state index in [1.54, 1.807) is 0 Å². The van der Waals surface area contributed by atoms with Crippen molar-refractivity contribution in [2.45, 2.75) is 18.9 Å². The molecular formula is C9H15N5O2. The molecule has 1 heterocycles. The van der Waals surface area contributed by atoms with Gasteiger partial charge in [0, 0.05) is 6.54 Å². The van der Waals surface area contributed by atoms with E-state index in [-0.39, 0.29) is 18.1 Å². The Labute approximate surface area is 93.1 Å². The Bertz CT molecular complexity index is 367. The Kier molecular flexibility index (Phi) is 3.04. The molecule has 0 atom stereocenters. The second kappa shape index (κ2) is 4.48. The second-order valence-electron chi connectivity index (χ2n) is 3.88. The first-order valence-electron chi connectivity index (χ1n) is 5.15. The molecule has 1 aliphatic rings. The van der Waals surface area contributed by atoms with Gasteiger partial charge in [-0.1, -0.05) is 0 Å². The summed E-state index contributed by atoms with van der Waals surface area (Å²) in [5.41, 5.74) is 5.49. The molecule has 1 aromatic heterocycles. The monoisotopic (exact) mass is 225 g/mol. The zero-order valence-electron chi connectivity index (χ0n) is 9.05. The summed E-state index contributed by atoms with van der Waals surface area (Å²) in [6, 6.07) is 0.198. The summed E-state index contributed by atoms with van der Waals surface area (Å²) in [6.07, 6.45) is 1.50. The van der Waals surface area contributed by atoms with E-state index in [4.69, 9.17) is 15.6 Å². The maximum Gasteiger partial charge on any atom is 0.322 e. The van der Waals surface area contributed by atoms with Gasteiger partial charge in [-0.2, -0.15) is 15.0 Å². The molecule has 0 radical (unpaired) electrons. The summed E-state index contributed by atoms with van der Waals surface area (Å²) in [4.78, 5) is 11.7. The van der Waals surface area contributed by atoms with Crippen molar-refractivity contribution in [3.63, 3.8) is 0 Å². The predicted octanol–water partition coefficient (Wildman–Crippen LogP) is -0.355. The van der Waals surface area contributed by atoms with Crippen LogP contribution in [0.3, 0.4) is 0 Å². The highest BCUT2D eigenvalue weighted by atomic mass is 16.5. The minimum atomic E-state index is -0.148. The molecule has 2 rings (SSSR count). The zero-order valence-corrected chi connectivity index (χ0v) is 9.05. The van der Waals surface area contributed by atoms with Crippen LogP contribution < -0.4 is 15.8 Å². The molecule has 4 N–H and O–H groups in total. The van der Waals surface area contributed by atoms with E-state index in [0.29, 0.717) is 11.9 Å². The van der Waals surface area contributed by atoms with Crippen LogP contribution in [-0.4, -0.2) is 39.8 Å². The molecule has 1 fully saturated rings. The summed E-state index contributed by atoms with van der Waals surface area (Å²) in [5, 5.41) is 12.2. The number of hydrogen-bond acceptors (Lipinski definition) is 7. The molecule has 0 bridgehead atoms. The summed E-state index contributed by atoms with van der Waals surface area (Å²) < 4.78 is 4.88. The number of rotatable bonds is 4. The normalized spacial score (nSPS) is 23.6. The Morgan fingerprint density at radius 3 is 2.81 bits per heavy atom. The number of methoxy groups -OCH3 is 1. The molecule has 0 aliphatic heterocycles. The highest BCUT2D eigenvalue weighted by Crippen LogP contribution is 2.26. The fourth-order valence-electron chi connectivity index (χ4n) is 1.65. The molecule has 16 heavy (non-hydrogen) atoms. The van der Waals surface area contributed by atoms with Crippen molar-refractivity contribution in [2.24, 2.45) is 5.92 Å². The van der Waals surface area contributed by atoms with Gasteiger partial charge in [0.25, 0.3) is 0 Å². The van der Waals surface area contributed by atoms with Gasteiger partial charge in [-0.15, -0.1) is 0 Å². The van der Waals surface area contributed by atoms with Gasteiger partial charge in [-0.25, -0.2) is 0 Å². The van der Waals surface area contributed by atoms with Crippen molar-refractivity contribution < 1.29 is 9.84 Å². The number of aliphatic hydroxyl groups excluding tert-OH is 1. The predicted molar refractivity (Wildman–Crippen MR) is 58.0 cm³/mol. The van der Waals surface area contributed by atoms with Crippen LogP contribution in [0.2, 0.25) is 0 Å². The van der Waals surface area contributed by atoms with Gasteiger partial charge in [0.15, 0.2) is 0 Å². The van der Waals surface area contributed by atoms with Gasteiger partial charge in [0.2, 0.25) is 11.9 Å². The standard InChI is InChI=1S/C9H15N5O2/c1-16-9-13-7(10)12-8(14-9)11-4-5-2-6(15)3-5/h5-6,15H,2-4H2,1H3,(H3,10,11,12,13,14). The molecular weight excluding hydrogens is 210 g/mol. The number of nitrogen functional groups attached to an aromatic ring is 1. The van der Waals surface area contributed by atoms with Crippen LogP contribution in [0.5, 0.6) is 6.01 Å². The lowest BCUT2D eigenvalue weighted by Gasteiger charge is -2.31. The van der Waals surface area contributed by atoms with Gasteiger partial charge >= 0.3 is 6.01 Å². The maximum absolute atomic E-state index is 9.13. The van der Waals surface area contributed by atoms with Crippen LogP contribution in [0.25, 0.3) is 0 Å². The van der Waals surface area contributed by atoms with Gasteiger partial charge in [0.1, 0.15) is 0 Å². The molecule has 7 nitrogen and oxygen atoms in total. The Balaban J connectivity index is 1.90. The number of ether oxygens (including phenoxy) is 1. The third-order valence-corrected chi connectivity index (χ3v) is 2.57. The molecule has 88 valence electrons. The number of anilines is 2. The third-order valence-electron chi connectivity index (χ3n) is 2.57. The molecule has 1 aliphatic carbocycles. The molecule has 0 saturated heterocycles. The van der Waals surface area contributed by atoms with E-state index >= 15 is 0 Å². The lowest BCUT2D eigenvalue weighted by molar-refractivity contribution is 0.0486. The van der Waals surface area contributed by atoms with Crippen molar-refractivity contribution in [1.82, 2.24) is 15.0 Å². The fraction of sp³-hybridized carbons (Fsp3) is 0.667. The van der Waals surface area contributed by atoms with E-state index in [2.05, 4.69) is 20.3 Å². The molecule has 0 aromatic carbocycles. The van der Waals surface area contributed by atoms with Crippen molar-refractivity contribution in [2.75, 3.05) is 24.7 Å². The van der Waals surface area contributed by atoms with E-state index in [1.165, 1.54) is 7.11 Å². The lowest BCUT2D eigenvalue weighted by atomic mass is 9.82. The minimum absolute atomic E-state index is 0.128. The number of nitrogens with two attached hydrogens (primary N) is 1. The molecule has 1 saturated carbocycles. The fourth-order valence-corrected chi connectivity index (χ4v) is 1.65. The zero-order chi connectivity index (χ0) is 11.5. The summed E-state index contributed by atoms with van der Waals surface area (Å²) in [7, 11) is 1.47. The Morgan fingerprint density at radius 1 is 1.44 bits per heavy atom. The first-order chi connectivity index (χ1) is 7.67. The van der Waals surface area contributed by atoms with Crippen LogP contribution in [0, 0.1) is 5.92 Å². The first-order valence-corrected chi connectivity index (χ1v) is 5.15. The number of nitrogens with one attached hydrogen (secondary N) is 1. The largest absolute Gasteiger partial charge is 0.467 e. The molecule has 7 heteroatoms. The average Bonchev–Trinajstić information content (AvgIpc) is 2.22. The summed E-state index contributed by atoms with van der Waals surface area (Å²) in [6.45, 7) is 0.726. The summed E-state index contributed by atoms with van der Waals surface area (Å²) >= 11 is 0. The van der Waals surface area contributed by atoms with Crippen LogP contribution >= 0.6 is 0 Å². The van der Waals surface area contributed by atoms with Gasteiger partial charge in [-0.05, 0) is 18.8 Å². The van der Waals surface area contributed by atoms with Gasteiger partial charge in [-0.3, -0.25) is 0 Å². The highest BCUT2D eigenvalue weighted by molar-refractivity contribution is 5.32. The third kappa shape index (κ3) is 2.48. The van der Waals surface area contributed by atoms with Crippen molar-refractivity contribution in [3.8, 4) is 6.01 Å². The first kappa shape index (κ1) is 10.9. The van der Waals surface area contributed by atoms with Crippen LogP contribution in [0.15, 0.2) is 0 Å². The average molecular weight is 225 g/mol. The van der Waals surface area contributed by atoms with E-state index in [9.17, 15) is 0 Å². The van der Waals surface area contributed by atoms with E-state index in [1.807, 2.05) is 0 Å². The SMILES string of the molecule is COc1nc(N)nc(NCC2CC(O)C2)n1. The minimum Gasteiger partial charge on any atom is -0.467 e. The van der Waals surface area contributed by atoms with Crippen molar-refractivity contribution in [1.29, 1.82) is 0 Å². The molecule has 0 unspecified atom stereocenters. The molecule has 0 amide bonds. The maximum atomic E-state index is 9.13. The van der Waals surface area contributed by atoms with Gasteiger partial charge < -0.3 is 20.9 Å². The highest BCUT2D eigenvalue weighted by Gasteiger charge is 2.26. The Morgan fingerprint density at radius 2 is 2.19 bits per heavy atom. The smallest absolute Gasteiger partial charge is 0.322 e. The van der Waals surface area contributed by atoms with Crippen LogP contribution in [0.4, 0.5) is 11.9 Å². The van der Waals surface area contributed by atoms with E-state index in [0.717, 1.165) is 19.4 Å². The quantitative estimate of drug-likeness (QED) is 0.642. The van der Waals surface area contributed by atoms with Gasteiger partial charge in [0.05, 0.1) is 13.2 Å².